The summed E-state index contributed by atoms with van der Waals surface area (Å²) in [7, 11) is 0. The predicted molar refractivity (Wildman–Crippen MR) is 98.8 cm³/mol. The second-order valence-corrected chi connectivity index (χ2v) is 5.96. The summed E-state index contributed by atoms with van der Waals surface area (Å²) < 4.78 is 2.07. The molecule has 5 heteroatoms. The number of aromatic amines is 1. The van der Waals surface area contributed by atoms with Crippen molar-refractivity contribution in [3.05, 3.63) is 67.1 Å². The van der Waals surface area contributed by atoms with Crippen LogP contribution in [0.15, 0.2) is 67.1 Å². The van der Waals surface area contributed by atoms with Crippen LogP contribution in [0.1, 0.15) is 6.42 Å². The van der Waals surface area contributed by atoms with Crippen molar-refractivity contribution in [2.45, 2.75) is 13.0 Å². The van der Waals surface area contributed by atoms with Crippen molar-refractivity contribution >= 4 is 16.8 Å². The summed E-state index contributed by atoms with van der Waals surface area (Å²) in [4.78, 5) is 19.0. The van der Waals surface area contributed by atoms with E-state index in [1.54, 1.807) is 6.33 Å². The predicted octanol–water partition coefficient (Wildman–Crippen LogP) is 3.57. The van der Waals surface area contributed by atoms with E-state index in [4.69, 9.17) is 5.73 Å². The average molecular weight is 330 g/mol. The Morgan fingerprint density at radius 2 is 1.84 bits per heavy atom. The zero-order valence-corrected chi connectivity index (χ0v) is 13.6. The number of aryl methyl sites for hydroxylation is 1. The number of carbonyl (C=O) groups is 1. The van der Waals surface area contributed by atoms with Gasteiger partial charge in [0, 0.05) is 41.2 Å². The van der Waals surface area contributed by atoms with Crippen molar-refractivity contribution in [2.24, 2.45) is 5.73 Å². The van der Waals surface area contributed by atoms with Gasteiger partial charge in [0.15, 0.2) is 0 Å². The SMILES string of the molecule is NC(=O)CCn1cc(-c2[nH]cnc2-c2ccccc2)c2ccccc21. The number of aromatic nitrogens is 3. The molecule has 0 aliphatic heterocycles. The maximum Gasteiger partial charge on any atom is 0.219 e. The summed E-state index contributed by atoms with van der Waals surface area (Å²) in [6.45, 7) is 0.560. The molecule has 5 nitrogen and oxygen atoms in total. The molecule has 0 aliphatic rings. The fraction of sp³-hybridized carbons (Fsp3) is 0.100. The molecule has 0 aliphatic carbocycles. The van der Waals surface area contributed by atoms with Gasteiger partial charge in [0.05, 0.1) is 17.7 Å². The highest BCUT2D eigenvalue weighted by atomic mass is 16.1. The van der Waals surface area contributed by atoms with Crippen LogP contribution in [0.3, 0.4) is 0 Å². The Balaban J connectivity index is 1.86. The summed E-state index contributed by atoms with van der Waals surface area (Å²) in [5, 5.41) is 1.12. The second-order valence-electron chi connectivity index (χ2n) is 5.96. The van der Waals surface area contributed by atoms with Crippen molar-refractivity contribution in [3.8, 4) is 22.5 Å². The van der Waals surface area contributed by atoms with E-state index in [-0.39, 0.29) is 5.91 Å². The number of primary amides is 1. The molecular formula is C20H18N4O. The molecule has 0 unspecified atom stereocenters. The highest BCUT2D eigenvalue weighted by Crippen LogP contribution is 2.35. The molecule has 2 heterocycles. The van der Waals surface area contributed by atoms with Crippen LogP contribution in [0.25, 0.3) is 33.4 Å². The molecule has 0 bridgehead atoms. The zero-order valence-electron chi connectivity index (χ0n) is 13.6. The van der Waals surface area contributed by atoms with Crippen LogP contribution in [0.4, 0.5) is 0 Å². The quantitative estimate of drug-likeness (QED) is 0.587. The molecular weight excluding hydrogens is 312 g/mol. The Labute approximate surface area is 145 Å². The fourth-order valence-electron chi connectivity index (χ4n) is 3.18. The number of para-hydroxylation sites is 1. The van der Waals surface area contributed by atoms with Gasteiger partial charge < -0.3 is 15.3 Å². The van der Waals surface area contributed by atoms with Gasteiger partial charge in [-0.3, -0.25) is 4.79 Å². The molecule has 0 spiro atoms. The maximum atomic E-state index is 11.2. The lowest BCUT2D eigenvalue weighted by Crippen LogP contribution is -2.13. The zero-order chi connectivity index (χ0) is 17.2. The van der Waals surface area contributed by atoms with Gasteiger partial charge >= 0.3 is 0 Å². The van der Waals surface area contributed by atoms with E-state index in [9.17, 15) is 4.79 Å². The molecule has 25 heavy (non-hydrogen) atoms. The third kappa shape index (κ3) is 2.80. The highest BCUT2D eigenvalue weighted by Gasteiger charge is 2.16. The average Bonchev–Trinajstić information content (AvgIpc) is 3.25. The van der Waals surface area contributed by atoms with Gasteiger partial charge in [0.25, 0.3) is 0 Å². The largest absolute Gasteiger partial charge is 0.370 e. The molecule has 0 atom stereocenters. The molecule has 4 rings (SSSR count). The molecule has 4 aromatic rings. The van der Waals surface area contributed by atoms with Crippen LogP contribution < -0.4 is 5.73 Å². The lowest BCUT2D eigenvalue weighted by atomic mass is 10.0. The minimum absolute atomic E-state index is 0.300. The number of carbonyl (C=O) groups excluding carboxylic acids is 1. The summed E-state index contributed by atoms with van der Waals surface area (Å²) in [5.74, 6) is -0.300. The number of benzene rings is 2. The standard InChI is InChI=1S/C20H18N4O/c21-18(25)10-11-24-12-16(15-8-4-5-9-17(15)24)20-19(22-13-23-20)14-6-2-1-3-7-14/h1-9,12-13H,10-11H2,(H2,21,25)(H,22,23). The minimum Gasteiger partial charge on any atom is -0.370 e. The summed E-state index contributed by atoms with van der Waals surface area (Å²) in [6, 6.07) is 18.2. The molecule has 3 N–H and O–H groups in total. The Kier molecular flexibility index (Phi) is 3.82. The summed E-state index contributed by atoms with van der Waals surface area (Å²) >= 11 is 0. The smallest absolute Gasteiger partial charge is 0.219 e. The lowest BCUT2D eigenvalue weighted by molar-refractivity contribution is -0.118. The van der Waals surface area contributed by atoms with E-state index in [0.29, 0.717) is 13.0 Å². The van der Waals surface area contributed by atoms with E-state index in [2.05, 4.69) is 32.9 Å². The number of H-pyrrole nitrogens is 1. The van der Waals surface area contributed by atoms with Crippen molar-refractivity contribution in [2.75, 3.05) is 0 Å². The number of fused-ring (bicyclic) bond motifs is 1. The van der Waals surface area contributed by atoms with Gasteiger partial charge in [-0.25, -0.2) is 4.98 Å². The van der Waals surface area contributed by atoms with Crippen molar-refractivity contribution < 1.29 is 4.79 Å². The van der Waals surface area contributed by atoms with Gasteiger partial charge in [-0.2, -0.15) is 0 Å². The molecule has 0 saturated heterocycles. The second kappa shape index (κ2) is 6.28. The van der Waals surface area contributed by atoms with Gasteiger partial charge in [-0.1, -0.05) is 48.5 Å². The first kappa shape index (κ1) is 15.2. The first-order valence-corrected chi connectivity index (χ1v) is 8.19. The van der Waals surface area contributed by atoms with E-state index in [1.807, 2.05) is 42.5 Å². The molecule has 1 amide bonds. The fourth-order valence-corrected chi connectivity index (χ4v) is 3.18. The number of hydrogen-bond acceptors (Lipinski definition) is 2. The molecule has 124 valence electrons. The molecule has 2 aromatic carbocycles. The first-order valence-electron chi connectivity index (χ1n) is 8.19. The molecule has 0 saturated carbocycles. The minimum atomic E-state index is -0.300. The van der Waals surface area contributed by atoms with Crippen LogP contribution in [0.5, 0.6) is 0 Å². The van der Waals surface area contributed by atoms with Crippen molar-refractivity contribution in [1.82, 2.24) is 14.5 Å². The Morgan fingerprint density at radius 3 is 2.64 bits per heavy atom. The highest BCUT2D eigenvalue weighted by molar-refractivity contribution is 5.98. The van der Waals surface area contributed by atoms with Gasteiger partial charge in [0.2, 0.25) is 5.91 Å². The number of amides is 1. The van der Waals surface area contributed by atoms with Gasteiger partial charge in [-0.05, 0) is 6.07 Å². The Morgan fingerprint density at radius 1 is 1.08 bits per heavy atom. The maximum absolute atomic E-state index is 11.2. The van der Waals surface area contributed by atoms with Crippen molar-refractivity contribution in [1.29, 1.82) is 0 Å². The first-order chi connectivity index (χ1) is 12.2. The molecule has 0 radical (unpaired) electrons. The Hall–Kier alpha value is -3.34. The number of hydrogen-bond donors (Lipinski definition) is 2. The number of imidazole rings is 1. The lowest BCUT2D eigenvalue weighted by Gasteiger charge is -2.02. The van der Waals surface area contributed by atoms with Gasteiger partial charge in [-0.15, -0.1) is 0 Å². The van der Waals surface area contributed by atoms with E-state index < -0.39 is 0 Å². The summed E-state index contributed by atoms with van der Waals surface area (Å²) in [6.07, 6.45) is 4.09. The van der Waals surface area contributed by atoms with E-state index in [0.717, 1.165) is 33.4 Å². The van der Waals surface area contributed by atoms with Crippen LogP contribution in [0.2, 0.25) is 0 Å². The Bertz CT molecular complexity index is 1030. The van der Waals surface area contributed by atoms with Crippen LogP contribution in [-0.4, -0.2) is 20.4 Å². The number of rotatable bonds is 5. The van der Waals surface area contributed by atoms with Crippen LogP contribution >= 0.6 is 0 Å². The number of nitrogens with one attached hydrogen (secondary N) is 1. The third-order valence-corrected chi connectivity index (χ3v) is 4.34. The number of nitrogens with zero attached hydrogens (tertiary/aromatic N) is 2. The molecule has 0 fully saturated rings. The third-order valence-electron chi connectivity index (χ3n) is 4.34. The number of nitrogens with two attached hydrogens (primary N) is 1. The monoisotopic (exact) mass is 330 g/mol. The normalized spacial score (nSPS) is 11.0. The van der Waals surface area contributed by atoms with E-state index >= 15 is 0 Å². The van der Waals surface area contributed by atoms with Crippen LogP contribution in [0, 0.1) is 0 Å². The van der Waals surface area contributed by atoms with Gasteiger partial charge in [0.1, 0.15) is 0 Å². The van der Waals surface area contributed by atoms with E-state index in [1.165, 1.54) is 0 Å². The van der Waals surface area contributed by atoms with Crippen molar-refractivity contribution in [3.63, 3.8) is 0 Å². The molecule has 2 aromatic heterocycles. The topological polar surface area (TPSA) is 76.7 Å². The van der Waals surface area contributed by atoms with Crippen LogP contribution in [-0.2, 0) is 11.3 Å². The summed E-state index contributed by atoms with van der Waals surface area (Å²) in [5.41, 5.74) is 10.4.